The molecule has 172 valence electrons. The van der Waals surface area contributed by atoms with Crippen LogP contribution in [0.1, 0.15) is 41.6 Å². The van der Waals surface area contributed by atoms with Gasteiger partial charge in [0, 0.05) is 37.3 Å². The molecule has 0 aliphatic carbocycles. The van der Waals surface area contributed by atoms with Crippen molar-refractivity contribution < 1.29 is 22.7 Å². The number of carbonyl (C=O) groups is 2. The summed E-state index contributed by atoms with van der Waals surface area (Å²) >= 11 is 0. The first kappa shape index (κ1) is 23.6. The van der Waals surface area contributed by atoms with Crippen LogP contribution in [-0.4, -0.2) is 51.9 Å². The predicted octanol–water partition coefficient (Wildman–Crippen LogP) is 2.94. The molecule has 32 heavy (non-hydrogen) atoms. The van der Waals surface area contributed by atoms with Crippen molar-refractivity contribution >= 4 is 27.5 Å². The van der Waals surface area contributed by atoms with E-state index in [4.69, 9.17) is 4.74 Å². The highest BCUT2D eigenvalue weighted by atomic mass is 32.2. The van der Waals surface area contributed by atoms with E-state index >= 15 is 0 Å². The molecule has 0 spiro atoms. The van der Waals surface area contributed by atoms with Gasteiger partial charge in [-0.2, -0.15) is 0 Å². The highest BCUT2D eigenvalue weighted by Gasteiger charge is 2.20. The molecule has 0 unspecified atom stereocenters. The van der Waals surface area contributed by atoms with Crippen LogP contribution < -0.4 is 14.8 Å². The van der Waals surface area contributed by atoms with Crippen molar-refractivity contribution in [2.45, 2.75) is 37.5 Å². The molecule has 0 saturated carbocycles. The van der Waals surface area contributed by atoms with Crippen LogP contribution in [0.3, 0.4) is 0 Å². The van der Waals surface area contributed by atoms with Crippen molar-refractivity contribution in [2.75, 3.05) is 31.5 Å². The molecule has 0 atom stereocenters. The number of nitrogens with one attached hydrogen (secondary N) is 2. The van der Waals surface area contributed by atoms with Crippen LogP contribution in [0.5, 0.6) is 5.75 Å². The highest BCUT2D eigenvalue weighted by Crippen LogP contribution is 2.21. The number of amides is 2. The fraction of sp³-hybridized carbons (Fsp3) is 0.391. The zero-order valence-electron chi connectivity index (χ0n) is 18.4. The van der Waals surface area contributed by atoms with Gasteiger partial charge in [-0.05, 0) is 61.7 Å². The topological polar surface area (TPSA) is 105 Å². The third-order valence-electron chi connectivity index (χ3n) is 5.44. The van der Waals surface area contributed by atoms with Crippen LogP contribution >= 0.6 is 0 Å². The Labute approximate surface area is 189 Å². The second kappa shape index (κ2) is 10.5. The number of ether oxygens (including phenoxy) is 1. The molecule has 8 nitrogen and oxygen atoms in total. The molecule has 0 bridgehead atoms. The quantitative estimate of drug-likeness (QED) is 0.632. The molecular formula is C23H29N3O5S. The van der Waals surface area contributed by atoms with Gasteiger partial charge in [0.15, 0.2) is 0 Å². The fourth-order valence-electron chi connectivity index (χ4n) is 3.56. The van der Waals surface area contributed by atoms with Crippen molar-refractivity contribution in [3.05, 3.63) is 53.6 Å². The summed E-state index contributed by atoms with van der Waals surface area (Å²) in [5, 5.41) is 2.81. The molecule has 3 rings (SSSR count). The minimum Gasteiger partial charge on any atom is -0.497 e. The third-order valence-corrected chi connectivity index (χ3v) is 6.82. The second-order valence-corrected chi connectivity index (χ2v) is 9.44. The lowest BCUT2D eigenvalue weighted by Gasteiger charge is -2.20. The third kappa shape index (κ3) is 6.00. The molecule has 0 aromatic heterocycles. The van der Waals surface area contributed by atoms with Gasteiger partial charge in [0.2, 0.25) is 5.91 Å². The lowest BCUT2D eigenvalue weighted by Crippen LogP contribution is -2.38. The Morgan fingerprint density at radius 1 is 1.09 bits per heavy atom. The van der Waals surface area contributed by atoms with Gasteiger partial charge in [0.05, 0.1) is 12.0 Å². The maximum Gasteiger partial charge on any atom is 0.261 e. The van der Waals surface area contributed by atoms with E-state index < -0.39 is 10.0 Å². The number of nitrogens with zero attached hydrogens (tertiary/aromatic N) is 1. The summed E-state index contributed by atoms with van der Waals surface area (Å²) in [6, 6.07) is 10.9. The van der Waals surface area contributed by atoms with E-state index in [0.717, 1.165) is 19.3 Å². The molecule has 2 aromatic rings. The molecule has 1 aliphatic rings. The lowest BCUT2D eigenvalue weighted by atomic mass is 10.1. The number of carbonyl (C=O) groups excluding carboxylic acids is 2. The van der Waals surface area contributed by atoms with Crippen LogP contribution in [0.15, 0.2) is 47.4 Å². The number of sulfonamides is 1. The number of methoxy groups -OCH3 is 1. The van der Waals surface area contributed by atoms with Crippen molar-refractivity contribution in [1.29, 1.82) is 0 Å². The van der Waals surface area contributed by atoms with Crippen molar-refractivity contribution in [1.82, 2.24) is 10.2 Å². The maximum atomic E-state index is 12.8. The van der Waals surface area contributed by atoms with E-state index in [2.05, 4.69) is 10.0 Å². The summed E-state index contributed by atoms with van der Waals surface area (Å²) in [4.78, 5) is 26.6. The molecule has 1 saturated heterocycles. The number of rotatable bonds is 8. The minimum atomic E-state index is -3.88. The summed E-state index contributed by atoms with van der Waals surface area (Å²) in [7, 11) is -2.35. The second-order valence-electron chi connectivity index (χ2n) is 7.76. The van der Waals surface area contributed by atoms with Crippen molar-refractivity contribution in [3.8, 4) is 5.75 Å². The Balaban J connectivity index is 1.67. The van der Waals surface area contributed by atoms with E-state index in [1.807, 2.05) is 0 Å². The smallest absolute Gasteiger partial charge is 0.261 e. The first-order chi connectivity index (χ1) is 15.3. The molecular weight excluding hydrogens is 430 g/mol. The number of benzene rings is 2. The molecule has 1 fully saturated rings. The predicted molar refractivity (Wildman–Crippen MR) is 122 cm³/mol. The zero-order chi connectivity index (χ0) is 23.1. The van der Waals surface area contributed by atoms with Crippen molar-refractivity contribution in [2.24, 2.45) is 0 Å². The largest absolute Gasteiger partial charge is 0.497 e. The Morgan fingerprint density at radius 3 is 2.56 bits per heavy atom. The van der Waals surface area contributed by atoms with Crippen molar-refractivity contribution in [3.63, 3.8) is 0 Å². The number of hydrogen-bond donors (Lipinski definition) is 2. The summed E-state index contributed by atoms with van der Waals surface area (Å²) in [5.74, 6) is 0.362. The first-order valence-electron chi connectivity index (χ1n) is 10.6. The highest BCUT2D eigenvalue weighted by molar-refractivity contribution is 7.92. The van der Waals surface area contributed by atoms with Gasteiger partial charge in [0.1, 0.15) is 5.75 Å². The normalized spacial score (nSPS) is 14.6. The summed E-state index contributed by atoms with van der Waals surface area (Å²) in [6.07, 6.45) is 3.47. The Hall–Kier alpha value is -3.07. The van der Waals surface area contributed by atoms with Gasteiger partial charge >= 0.3 is 0 Å². The van der Waals surface area contributed by atoms with Crippen LogP contribution in [0.25, 0.3) is 0 Å². The monoisotopic (exact) mass is 459 g/mol. The molecule has 2 N–H and O–H groups in total. The van der Waals surface area contributed by atoms with Crippen LogP contribution in [0.4, 0.5) is 5.69 Å². The van der Waals surface area contributed by atoms with Crippen LogP contribution in [0, 0.1) is 6.92 Å². The number of aryl methyl sites for hydroxylation is 1. The number of anilines is 1. The Kier molecular flexibility index (Phi) is 7.74. The summed E-state index contributed by atoms with van der Waals surface area (Å²) in [6.45, 7) is 3.21. The zero-order valence-corrected chi connectivity index (χ0v) is 19.2. The minimum absolute atomic E-state index is 0.00763. The summed E-state index contributed by atoms with van der Waals surface area (Å²) < 4.78 is 33.2. The molecule has 1 heterocycles. The molecule has 1 aliphatic heterocycles. The van der Waals surface area contributed by atoms with E-state index in [-0.39, 0.29) is 22.3 Å². The molecule has 2 aromatic carbocycles. The molecule has 2 amide bonds. The SMILES string of the molecule is COc1ccc(NS(=O)(=O)c2ccc(C)c(C(=O)NCCN3CCCCCC3=O)c2)cc1. The number of hydrogen-bond acceptors (Lipinski definition) is 5. The average molecular weight is 460 g/mol. The Bertz CT molecular complexity index is 1070. The average Bonchev–Trinajstić information content (AvgIpc) is 2.98. The van der Waals surface area contributed by atoms with E-state index in [1.54, 1.807) is 42.2 Å². The van der Waals surface area contributed by atoms with Crippen LogP contribution in [0.2, 0.25) is 0 Å². The Morgan fingerprint density at radius 2 is 1.84 bits per heavy atom. The van der Waals surface area contributed by atoms with Gasteiger partial charge in [-0.1, -0.05) is 12.5 Å². The van der Waals surface area contributed by atoms with Gasteiger partial charge in [-0.3, -0.25) is 14.3 Å². The van der Waals surface area contributed by atoms with Gasteiger partial charge in [-0.15, -0.1) is 0 Å². The number of likely N-dealkylation sites (tertiary alicyclic amines) is 1. The lowest BCUT2D eigenvalue weighted by molar-refractivity contribution is -0.130. The van der Waals surface area contributed by atoms with E-state index in [0.29, 0.717) is 43.1 Å². The van der Waals surface area contributed by atoms with Crippen LogP contribution in [-0.2, 0) is 14.8 Å². The van der Waals surface area contributed by atoms with E-state index in [1.165, 1.54) is 19.2 Å². The van der Waals surface area contributed by atoms with Gasteiger partial charge in [-0.25, -0.2) is 8.42 Å². The maximum absolute atomic E-state index is 12.8. The first-order valence-corrected chi connectivity index (χ1v) is 12.1. The molecule has 9 heteroatoms. The summed E-state index contributed by atoms with van der Waals surface area (Å²) in [5.41, 5.74) is 1.33. The molecule has 0 radical (unpaired) electrons. The van der Waals surface area contributed by atoms with E-state index in [9.17, 15) is 18.0 Å². The van der Waals surface area contributed by atoms with Gasteiger partial charge < -0.3 is 15.0 Å². The standard InChI is InChI=1S/C23H29N3O5S/c1-17-7-12-20(32(29,30)25-18-8-10-19(31-2)11-9-18)16-21(17)23(28)24-13-15-26-14-5-3-4-6-22(26)27/h7-12,16,25H,3-6,13-15H2,1-2H3,(H,24,28). The fourth-order valence-corrected chi connectivity index (χ4v) is 4.65. The van der Waals surface area contributed by atoms with Gasteiger partial charge in [0.25, 0.3) is 15.9 Å².